The summed E-state index contributed by atoms with van der Waals surface area (Å²) in [7, 11) is 1.97. The van der Waals surface area contributed by atoms with Gasteiger partial charge in [-0.05, 0) is 38.9 Å². The molecule has 0 radical (unpaired) electrons. The number of rotatable bonds is 8. The molecule has 3 heterocycles. The maximum atomic E-state index is 5.41. The molecule has 1 saturated heterocycles. The van der Waals surface area contributed by atoms with Crippen molar-refractivity contribution >= 4 is 41.3 Å². The molecule has 0 saturated carbocycles. The van der Waals surface area contributed by atoms with Crippen molar-refractivity contribution in [1.82, 2.24) is 30.3 Å². The van der Waals surface area contributed by atoms with Gasteiger partial charge in [0.1, 0.15) is 12.4 Å². The van der Waals surface area contributed by atoms with Crippen molar-refractivity contribution in [3.8, 4) is 0 Å². The Hall–Kier alpha value is -1.24. The smallest absolute Gasteiger partial charge is 0.192 e. The van der Waals surface area contributed by atoms with Crippen LogP contribution in [0.5, 0.6) is 0 Å². The number of halogens is 1. The summed E-state index contributed by atoms with van der Waals surface area (Å²) in [5.74, 6) is 2.57. The third-order valence-electron chi connectivity index (χ3n) is 4.83. The monoisotopic (exact) mass is 533 g/mol. The Morgan fingerprint density at radius 3 is 2.66 bits per heavy atom. The molecule has 2 aromatic heterocycles. The van der Waals surface area contributed by atoms with Gasteiger partial charge in [0.25, 0.3) is 0 Å². The van der Waals surface area contributed by atoms with E-state index in [1.807, 2.05) is 18.5 Å². The first-order valence-corrected chi connectivity index (χ1v) is 10.7. The van der Waals surface area contributed by atoms with Crippen molar-refractivity contribution in [1.29, 1.82) is 0 Å². The van der Waals surface area contributed by atoms with Crippen LogP contribution in [0, 0.1) is 13.8 Å². The van der Waals surface area contributed by atoms with Crippen LogP contribution in [-0.2, 0) is 24.9 Å². The van der Waals surface area contributed by atoms with E-state index in [0.717, 1.165) is 70.0 Å². The highest BCUT2D eigenvalue weighted by Crippen LogP contribution is 2.14. The molecule has 162 valence electrons. The van der Waals surface area contributed by atoms with Gasteiger partial charge >= 0.3 is 0 Å². The molecule has 0 atom stereocenters. The largest absolute Gasteiger partial charge is 0.379 e. The molecule has 10 heteroatoms. The minimum Gasteiger partial charge on any atom is -0.379 e. The van der Waals surface area contributed by atoms with E-state index in [1.54, 1.807) is 11.3 Å². The number of nitrogens with one attached hydrogen (secondary N) is 2. The molecule has 0 spiro atoms. The summed E-state index contributed by atoms with van der Waals surface area (Å²) in [5, 5.41) is 15.2. The topological polar surface area (TPSA) is 79.6 Å². The van der Waals surface area contributed by atoms with Crippen molar-refractivity contribution in [2.45, 2.75) is 33.4 Å². The van der Waals surface area contributed by atoms with E-state index >= 15 is 0 Å². The Bertz CT molecular complexity index is 770. The fraction of sp³-hybridized carbons (Fsp3) is 0.632. The first-order valence-electron chi connectivity index (χ1n) is 9.84. The Kier molecular flexibility index (Phi) is 10.3. The third-order valence-corrected chi connectivity index (χ3v) is 5.84. The molecule has 0 aromatic carbocycles. The predicted octanol–water partition coefficient (Wildman–Crippen LogP) is 2.07. The standard InChI is InChI=1S/C19H31N7OS.HI/c1-15-5-6-17(28-15)13-21-19(22-14-18-24-23-16(2)25(18)3)20-7-4-8-26-9-11-27-12-10-26;/h5-6H,4,7-14H2,1-3H3,(H2,20,21,22);1H. The van der Waals surface area contributed by atoms with Gasteiger partial charge in [-0.3, -0.25) is 4.90 Å². The van der Waals surface area contributed by atoms with Gasteiger partial charge in [-0.1, -0.05) is 0 Å². The molecule has 3 rings (SSSR count). The number of aliphatic imine (C=N–C) groups is 1. The quantitative estimate of drug-likeness (QED) is 0.234. The maximum absolute atomic E-state index is 5.41. The number of guanidine groups is 1. The molecule has 2 aromatic rings. The van der Waals surface area contributed by atoms with E-state index < -0.39 is 0 Å². The number of hydrogen-bond acceptors (Lipinski definition) is 6. The number of hydrogen-bond donors (Lipinski definition) is 2. The van der Waals surface area contributed by atoms with Gasteiger partial charge in [0, 0.05) is 36.4 Å². The molecular formula is C19H32IN7OS. The summed E-state index contributed by atoms with van der Waals surface area (Å²) in [6, 6.07) is 4.31. The van der Waals surface area contributed by atoms with Crippen LogP contribution in [-0.4, -0.2) is 65.0 Å². The number of aromatic nitrogens is 3. The van der Waals surface area contributed by atoms with Gasteiger partial charge < -0.3 is 19.9 Å². The van der Waals surface area contributed by atoms with Crippen molar-refractivity contribution in [2.24, 2.45) is 12.0 Å². The third kappa shape index (κ3) is 7.83. The van der Waals surface area contributed by atoms with E-state index in [1.165, 1.54) is 9.75 Å². The van der Waals surface area contributed by atoms with Crippen LogP contribution in [0.2, 0.25) is 0 Å². The van der Waals surface area contributed by atoms with Crippen LogP contribution in [0.1, 0.15) is 27.8 Å². The SMILES string of the molecule is Cc1ccc(CNC(=NCc2nnc(C)n2C)NCCCN2CCOCC2)s1.I. The molecule has 1 fully saturated rings. The minimum absolute atomic E-state index is 0. The number of ether oxygens (including phenoxy) is 1. The molecule has 1 aliphatic heterocycles. The second-order valence-corrected chi connectivity index (χ2v) is 8.36. The summed E-state index contributed by atoms with van der Waals surface area (Å²) in [4.78, 5) is 9.79. The van der Waals surface area contributed by atoms with Gasteiger partial charge in [-0.25, -0.2) is 4.99 Å². The summed E-state index contributed by atoms with van der Waals surface area (Å²) >= 11 is 1.81. The number of thiophene rings is 1. The lowest BCUT2D eigenvalue weighted by atomic mass is 10.3. The average molecular weight is 533 g/mol. The van der Waals surface area contributed by atoms with Crippen LogP contribution in [0.25, 0.3) is 0 Å². The minimum atomic E-state index is 0. The summed E-state index contributed by atoms with van der Waals surface area (Å²) in [6.07, 6.45) is 1.07. The van der Waals surface area contributed by atoms with E-state index in [9.17, 15) is 0 Å². The Morgan fingerprint density at radius 2 is 2.00 bits per heavy atom. The first kappa shape index (κ1) is 24.0. The van der Waals surface area contributed by atoms with Crippen molar-refractivity contribution in [2.75, 3.05) is 39.4 Å². The van der Waals surface area contributed by atoms with E-state index in [2.05, 4.69) is 44.8 Å². The summed E-state index contributed by atoms with van der Waals surface area (Å²) in [6.45, 7) is 11.1. The van der Waals surface area contributed by atoms with E-state index in [-0.39, 0.29) is 24.0 Å². The number of morpholine rings is 1. The second kappa shape index (κ2) is 12.5. The molecule has 0 unspecified atom stereocenters. The number of aryl methyl sites for hydroxylation is 2. The highest BCUT2D eigenvalue weighted by atomic mass is 127. The molecule has 29 heavy (non-hydrogen) atoms. The van der Waals surface area contributed by atoms with Crippen LogP contribution in [0.4, 0.5) is 0 Å². The predicted molar refractivity (Wildman–Crippen MR) is 128 cm³/mol. The molecular weight excluding hydrogens is 501 g/mol. The van der Waals surface area contributed by atoms with Gasteiger partial charge in [0.15, 0.2) is 11.8 Å². The summed E-state index contributed by atoms with van der Waals surface area (Å²) < 4.78 is 7.38. The van der Waals surface area contributed by atoms with Gasteiger partial charge in [0.05, 0.1) is 19.8 Å². The van der Waals surface area contributed by atoms with Crippen LogP contribution in [0.15, 0.2) is 17.1 Å². The molecule has 0 bridgehead atoms. The number of nitrogens with zero attached hydrogens (tertiary/aromatic N) is 5. The van der Waals surface area contributed by atoms with Crippen LogP contribution >= 0.6 is 35.3 Å². The Morgan fingerprint density at radius 1 is 1.21 bits per heavy atom. The zero-order valence-corrected chi connectivity index (χ0v) is 20.6. The zero-order valence-electron chi connectivity index (χ0n) is 17.5. The van der Waals surface area contributed by atoms with E-state index in [4.69, 9.17) is 9.73 Å². The lowest BCUT2D eigenvalue weighted by molar-refractivity contribution is 0.0376. The van der Waals surface area contributed by atoms with E-state index in [0.29, 0.717) is 6.54 Å². The van der Waals surface area contributed by atoms with Gasteiger partial charge in [0.2, 0.25) is 0 Å². The van der Waals surface area contributed by atoms with Crippen molar-refractivity contribution in [3.63, 3.8) is 0 Å². The fourth-order valence-electron chi connectivity index (χ4n) is 3.00. The van der Waals surface area contributed by atoms with Gasteiger partial charge in [-0.2, -0.15) is 0 Å². The first-order chi connectivity index (χ1) is 13.6. The molecule has 8 nitrogen and oxygen atoms in total. The lowest BCUT2D eigenvalue weighted by Crippen LogP contribution is -2.40. The average Bonchev–Trinajstić information content (AvgIpc) is 3.27. The zero-order chi connectivity index (χ0) is 19.8. The highest BCUT2D eigenvalue weighted by molar-refractivity contribution is 14.0. The fourth-order valence-corrected chi connectivity index (χ4v) is 3.83. The van der Waals surface area contributed by atoms with Crippen molar-refractivity contribution < 1.29 is 4.74 Å². The van der Waals surface area contributed by atoms with Crippen LogP contribution in [0.3, 0.4) is 0 Å². The van der Waals surface area contributed by atoms with Crippen molar-refractivity contribution in [3.05, 3.63) is 33.5 Å². The Labute approximate surface area is 194 Å². The molecule has 1 aliphatic rings. The Balaban J connectivity index is 0.00000300. The van der Waals surface area contributed by atoms with Crippen LogP contribution < -0.4 is 10.6 Å². The lowest BCUT2D eigenvalue weighted by Gasteiger charge is -2.26. The molecule has 2 N–H and O–H groups in total. The molecule has 0 amide bonds. The summed E-state index contributed by atoms with van der Waals surface area (Å²) in [5.41, 5.74) is 0. The second-order valence-electron chi connectivity index (χ2n) is 6.99. The normalized spacial score (nSPS) is 15.2. The highest BCUT2D eigenvalue weighted by Gasteiger charge is 2.10. The molecule has 0 aliphatic carbocycles. The maximum Gasteiger partial charge on any atom is 0.192 e. The van der Waals surface area contributed by atoms with Gasteiger partial charge in [-0.15, -0.1) is 45.5 Å².